The van der Waals surface area contributed by atoms with Crippen molar-refractivity contribution < 1.29 is 22.4 Å². The van der Waals surface area contributed by atoms with Crippen molar-refractivity contribution in [3.8, 4) is 11.5 Å². The van der Waals surface area contributed by atoms with Gasteiger partial charge in [-0.3, -0.25) is 0 Å². The molecule has 6 rings (SSSR count). The highest BCUT2D eigenvalue weighted by Crippen LogP contribution is 2.45. The van der Waals surface area contributed by atoms with Crippen LogP contribution in [0.25, 0.3) is 0 Å². The average molecular weight is 517 g/mol. The molecule has 0 radical (unpaired) electrons. The molecule has 33 heavy (non-hydrogen) atoms. The molecule has 3 unspecified atom stereocenters. The van der Waals surface area contributed by atoms with Crippen LogP contribution >= 0.6 is 23.5 Å². The molecule has 3 heterocycles. The topological polar surface area (TPSA) is 75.7 Å². The van der Waals surface area contributed by atoms with Crippen LogP contribution in [0.5, 0.6) is 11.5 Å². The van der Waals surface area contributed by atoms with Crippen LogP contribution < -0.4 is 9.47 Å². The number of para-hydroxylation sites is 1. The fourth-order valence-electron chi connectivity index (χ4n) is 4.35. The minimum absolute atomic E-state index is 0.0805. The zero-order valence-corrected chi connectivity index (χ0v) is 20.7. The molecule has 3 aromatic carbocycles. The summed E-state index contributed by atoms with van der Waals surface area (Å²) >= 11 is 2.23. The van der Waals surface area contributed by atoms with Gasteiger partial charge in [0, 0.05) is 38.0 Å². The Morgan fingerprint density at radius 1 is 0.848 bits per heavy atom. The van der Waals surface area contributed by atoms with E-state index < -0.39 is 31.5 Å². The molecular weight excluding hydrogens is 497 g/mol. The van der Waals surface area contributed by atoms with Crippen molar-refractivity contribution in [2.75, 3.05) is 24.7 Å². The van der Waals surface area contributed by atoms with Crippen molar-refractivity contribution >= 4 is 44.5 Å². The molecule has 0 saturated heterocycles. The van der Waals surface area contributed by atoms with Gasteiger partial charge < -0.3 is 14.0 Å². The van der Waals surface area contributed by atoms with E-state index in [4.69, 9.17) is 9.47 Å². The number of sulfone groups is 1. The summed E-state index contributed by atoms with van der Waals surface area (Å²) in [5.74, 6) is 3.05. The summed E-state index contributed by atoms with van der Waals surface area (Å²) in [5, 5.41) is -1.22. The number of fused-ring (bicyclic) bond motifs is 3. The van der Waals surface area contributed by atoms with Crippen LogP contribution in [0.1, 0.15) is 21.6 Å². The number of hydrogen-bond donors (Lipinski definition) is 0. The monoisotopic (exact) mass is 516 g/mol. The van der Waals surface area contributed by atoms with E-state index in [-0.39, 0.29) is 18.1 Å². The van der Waals surface area contributed by atoms with E-state index in [1.165, 1.54) is 4.90 Å². The number of rotatable bonds is 2. The normalized spacial score (nSPS) is 25.1. The summed E-state index contributed by atoms with van der Waals surface area (Å²) in [6, 6.07) is 18.3. The molecule has 0 aliphatic carbocycles. The minimum atomic E-state index is -3.68. The molecule has 3 atom stereocenters. The molecule has 170 valence electrons. The van der Waals surface area contributed by atoms with Gasteiger partial charge in [-0.15, -0.1) is 23.5 Å². The molecule has 0 aromatic heterocycles. The van der Waals surface area contributed by atoms with Gasteiger partial charge in [-0.05, 0) is 42.0 Å². The van der Waals surface area contributed by atoms with Crippen LogP contribution in [-0.4, -0.2) is 37.7 Å². The molecule has 9 heteroatoms. The lowest BCUT2D eigenvalue weighted by molar-refractivity contribution is 0.289. The summed E-state index contributed by atoms with van der Waals surface area (Å²) in [4.78, 5) is 3.12. The second-order valence-corrected chi connectivity index (χ2v) is 14.0. The highest BCUT2D eigenvalue weighted by molar-refractivity contribution is 8.05. The van der Waals surface area contributed by atoms with Crippen LogP contribution in [0.2, 0.25) is 0 Å². The van der Waals surface area contributed by atoms with Crippen molar-refractivity contribution in [1.82, 2.24) is 0 Å². The lowest BCUT2D eigenvalue weighted by Gasteiger charge is -2.30. The van der Waals surface area contributed by atoms with Crippen molar-refractivity contribution in [2.24, 2.45) is 0 Å². The molecule has 0 spiro atoms. The molecule has 0 N–H and O–H groups in total. The Bertz CT molecular complexity index is 1340. The fraction of sp³-hybridized carbons (Fsp3) is 0.250. The maximum atomic E-state index is 13.7. The second-order valence-electron chi connectivity index (χ2n) is 8.00. The van der Waals surface area contributed by atoms with E-state index in [0.717, 1.165) is 22.0 Å². The summed E-state index contributed by atoms with van der Waals surface area (Å²) in [5.41, 5.74) is 1.42. The number of thioether (sulfide) groups is 2. The van der Waals surface area contributed by atoms with Gasteiger partial charge in [-0.25, -0.2) is 8.42 Å². The highest BCUT2D eigenvalue weighted by atomic mass is 32.2. The Labute approximate surface area is 204 Å². The zero-order valence-electron chi connectivity index (χ0n) is 17.4. The van der Waals surface area contributed by atoms with E-state index in [0.29, 0.717) is 22.0 Å². The molecule has 0 bridgehead atoms. The van der Waals surface area contributed by atoms with E-state index in [9.17, 15) is 13.0 Å². The van der Waals surface area contributed by atoms with Gasteiger partial charge >= 0.3 is 0 Å². The van der Waals surface area contributed by atoms with E-state index in [1.807, 2.05) is 30.3 Å². The average Bonchev–Trinajstić information content (AvgIpc) is 2.84. The first-order chi connectivity index (χ1) is 16.0. The largest absolute Gasteiger partial charge is 0.611 e. The summed E-state index contributed by atoms with van der Waals surface area (Å²) < 4.78 is 52.3. The van der Waals surface area contributed by atoms with Crippen LogP contribution in [0.4, 0.5) is 0 Å². The van der Waals surface area contributed by atoms with Crippen molar-refractivity contribution in [3.63, 3.8) is 0 Å². The minimum Gasteiger partial charge on any atom is -0.611 e. The van der Waals surface area contributed by atoms with Crippen LogP contribution in [0.15, 0.2) is 80.2 Å². The third-order valence-electron chi connectivity index (χ3n) is 6.06. The van der Waals surface area contributed by atoms with Gasteiger partial charge in [0.25, 0.3) is 0 Å². The lowest BCUT2D eigenvalue weighted by Crippen LogP contribution is -2.28. The maximum absolute atomic E-state index is 13.7. The highest BCUT2D eigenvalue weighted by Gasteiger charge is 2.40. The van der Waals surface area contributed by atoms with E-state index in [2.05, 4.69) is 0 Å². The summed E-state index contributed by atoms with van der Waals surface area (Å²) in [6.07, 6.45) is 0. The Morgan fingerprint density at radius 2 is 1.61 bits per heavy atom. The Hall–Kier alpha value is -1.78. The van der Waals surface area contributed by atoms with Gasteiger partial charge in [-0.2, -0.15) is 0 Å². The van der Waals surface area contributed by atoms with Gasteiger partial charge in [0.1, 0.15) is 29.1 Å². The summed E-state index contributed by atoms with van der Waals surface area (Å²) in [6.45, 7) is 0.309. The Balaban J connectivity index is 1.36. The lowest BCUT2D eigenvalue weighted by atomic mass is 10.1. The van der Waals surface area contributed by atoms with Gasteiger partial charge in [-0.1, -0.05) is 24.3 Å². The standard InChI is InChI=1S/C24H20O5S4/c25-32-21-4-2-1-3-17(21)28-13-22(32)15-5-7-18-23(12-15)33(26,27)24(14-29-18)16-6-8-19-20(11-16)31-10-9-30-19/h1-8,11-12,22,24H,9-10,13-14H2. The fourth-order valence-corrected chi connectivity index (χ4v) is 9.80. The van der Waals surface area contributed by atoms with Crippen molar-refractivity contribution in [1.29, 1.82) is 0 Å². The smallest absolute Gasteiger partial charge is 0.195 e. The summed E-state index contributed by atoms with van der Waals surface area (Å²) in [7, 11) is -3.68. The number of ether oxygens (including phenoxy) is 2. The third kappa shape index (κ3) is 3.74. The van der Waals surface area contributed by atoms with E-state index >= 15 is 0 Å². The quantitative estimate of drug-likeness (QED) is 0.442. The molecule has 0 saturated carbocycles. The first kappa shape index (κ1) is 21.7. The molecule has 0 amide bonds. The van der Waals surface area contributed by atoms with Crippen molar-refractivity contribution in [2.45, 2.75) is 30.1 Å². The number of benzene rings is 3. The predicted octanol–water partition coefficient (Wildman–Crippen LogP) is 5.03. The molecule has 5 nitrogen and oxygen atoms in total. The van der Waals surface area contributed by atoms with Crippen LogP contribution in [-0.2, 0) is 21.0 Å². The van der Waals surface area contributed by atoms with Gasteiger partial charge in [0.2, 0.25) is 0 Å². The van der Waals surface area contributed by atoms with Crippen molar-refractivity contribution in [3.05, 3.63) is 71.8 Å². The molecule has 3 aromatic rings. The van der Waals surface area contributed by atoms with Crippen LogP contribution in [0.3, 0.4) is 0 Å². The maximum Gasteiger partial charge on any atom is 0.195 e. The predicted molar refractivity (Wildman–Crippen MR) is 131 cm³/mol. The second kappa shape index (κ2) is 8.46. The third-order valence-corrected chi connectivity index (χ3v) is 12.4. The van der Waals surface area contributed by atoms with Crippen LogP contribution in [0, 0.1) is 0 Å². The first-order valence-electron chi connectivity index (χ1n) is 10.5. The van der Waals surface area contributed by atoms with Gasteiger partial charge in [0.15, 0.2) is 25.7 Å². The molecule has 3 aliphatic rings. The zero-order chi connectivity index (χ0) is 22.6. The SMILES string of the molecule is O=S1(=O)c2cc(C3COc4ccccc4[S+]3[O-])ccc2OCC1c1ccc2c(c1)SCCS2. The molecule has 3 aliphatic heterocycles. The molecular formula is C24H20O5S4. The van der Waals surface area contributed by atoms with E-state index in [1.54, 1.807) is 53.9 Å². The first-order valence-corrected chi connectivity index (χ1v) is 15.3. The number of hydrogen-bond acceptors (Lipinski definition) is 7. The Kier molecular flexibility index (Phi) is 5.57. The molecule has 0 fully saturated rings. The Morgan fingerprint density at radius 3 is 2.48 bits per heavy atom. The van der Waals surface area contributed by atoms with Gasteiger partial charge in [0.05, 0.1) is 0 Å².